The van der Waals surface area contributed by atoms with Gasteiger partial charge in [-0.05, 0) is 52.0 Å². The summed E-state index contributed by atoms with van der Waals surface area (Å²) in [5, 5.41) is 4.10. The zero-order valence-corrected chi connectivity index (χ0v) is 16.3. The molecule has 26 heavy (non-hydrogen) atoms. The Bertz CT molecular complexity index is 664. The van der Waals surface area contributed by atoms with E-state index in [9.17, 15) is 9.59 Å². The fourth-order valence-corrected chi connectivity index (χ4v) is 4.89. The average molecular weight is 377 g/mol. The number of hydrogen-bond acceptors (Lipinski definition) is 5. The van der Waals surface area contributed by atoms with Crippen LogP contribution in [0.3, 0.4) is 0 Å². The number of amides is 2. The molecule has 1 N–H and O–H groups in total. The molecule has 2 aliphatic heterocycles. The summed E-state index contributed by atoms with van der Waals surface area (Å²) >= 11 is 1.47. The molecular weight excluding hydrogens is 348 g/mol. The molecule has 4 rings (SSSR count). The van der Waals surface area contributed by atoms with Crippen molar-refractivity contribution in [3.8, 4) is 0 Å². The van der Waals surface area contributed by atoms with Crippen molar-refractivity contribution in [1.29, 1.82) is 0 Å². The number of nitrogens with zero attached hydrogens (tertiary/aromatic N) is 3. The van der Waals surface area contributed by atoms with E-state index in [1.54, 1.807) is 6.20 Å². The molecule has 7 heteroatoms. The average Bonchev–Trinajstić information content (AvgIpc) is 3.38. The maximum absolute atomic E-state index is 12.6. The van der Waals surface area contributed by atoms with E-state index in [4.69, 9.17) is 0 Å². The van der Waals surface area contributed by atoms with E-state index < -0.39 is 0 Å². The standard InChI is InChI=1S/C19H28N4O2S/c1-13-20-11-17(26-13)19(25)22-9-6-16(7-10-22)23-8-2-3-14(12-23)18(24)21-15-4-5-15/h11,14-16H,2-10,12H2,1H3,(H,21,24)/t14-/m0/s1. The topological polar surface area (TPSA) is 65.5 Å². The molecule has 0 spiro atoms. The molecule has 2 amide bonds. The van der Waals surface area contributed by atoms with Crippen LogP contribution in [0.2, 0.25) is 0 Å². The molecule has 0 bridgehead atoms. The van der Waals surface area contributed by atoms with Crippen LogP contribution in [0.25, 0.3) is 0 Å². The van der Waals surface area contributed by atoms with E-state index in [0.29, 0.717) is 12.1 Å². The van der Waals surface area contributed by atoms with Gasteiger partial charge in [-0.2, -0.15) is 0 Å². The highest BCUT2D eigenvalue weighted by Gasteiger charge is 2.34. The number of hydrogen-bond donors (Lipinski definition) is 1. The predicted octanol–water partition coefficient (Wildman–Crippen LogP) is 2.05. The van der Waals surface area contributed by atoms with E-state index in [1.807, 2.05) is 11.8 Å². The summed E-state index contributed by atoms with van der Waals surface area (Å²) < 4.78 is 0. The van der Waals surface area contributed by atoms with Gasteiger partial charge in [0, 0.05) is 31.7 Å². The lowest BCUT2D eigenvalue weighted by molar-refractivity contribution is -0.127. The summed E-state index contributed by atoms with van der Waals surface area (Å²) in [6, 6.07) is 0.946. The minimum Gasteiger partial charge on any atom is -0.353 e. The number of aromatic nitrogens is 1. The highest BCUT2D eigenvalue weighted by Crippen LogP contribution is 2.26. The van der Waals surface area contributed by atoms with Crippen LogP contribution in [0.4, 0.5) is 0 Å². The van der Waals surface area contributed by atoms with Crippen molar-refractivity contribution in [2.45, 2.75) is 57.5 Å². The molecule has 3 fully saturated rings. The van der Waals surface area contributed by atoms with Gasteiger partial charge in [0.05, 0.1) is 17.1 Å². The maximum atomic E-state index is 12.6. The van der Waals surface area contributed by atoms with E-state index in [0.717, 1.165) is 74.6 Å². The lowest BCUT2D eigenvalue weighted by Crippen LogP contribution is -2.51. The van der Waals surface area contributed by atoms with Gasteiger partial charge in [0.25, 0.3) is 5.91 Å². The predicted molar refractivity (Wildman–Crippen MR) is 101 cm³/mol. The van der Waals surface area contributed by atoms with Crippen molar-refractivity contribution in [2.75, 3.05) is 26.2 Å². The number of aryl methyl sites for hydroxylation is 1. The molecule has 0 radical (unpaired) electrons. The van der Waals surface area contributed by atoms with Crippen LogP contribution < -0.4 is 5.32 Å². The second-order valence-corrected chi connectivity index (χ2v) is 9.12. The summed E-state index contributed by atoms with van der Waals surface area (Å²) in [4.78, 5) is 34.4. The van der Waals surface area contributed by atoms with Crippen LogP contribution in [0, 0.1) is 12.8 Å². The van der Waals surface area contributed by atoms with E-state index in [2.05, 4.69) is 15.2 Å². The van der Waals surface area contributed by atoms with Crippen LogP contribution in [0.5, 0.6) is 0 Å². The quantitative estimate of drug-likeness (QED) is 0.873. The number of carbonyl (C=O) groups excluding carboxylic acids is 2. The summed E-state index contributed by atoms with van der Waals surface area (Å²) in [7, 11) is 0. The smallest absolute Gasteiger partial charge is 0.265 e. The molecule has 1 aromatic heterocycles. The molecule has 1 saturated carbocycles. The Morgan fingerprint density at radius 1 is 1.15 bits per heavy atom. The van der Waals surface area contributed by atoms with Gasteiger partial charge >= 0.3 is 0 Å². The molecule has 3 aliphatic rings. The lowest BCUT2D eigenvalue weighted by Gasteiger charge is -2.42. The molecule has 0 aromatic carbocycles. The Hall–Kier alpha value is -1.47. The molecule has 1 atom stereocenters. The van der Waals surface area contributed by atoms with Crippen molar-refractivity contribution in [1.82, 2.24) is 20.1 Å². The summed E-state index contributed by atoms with van der Waals surface area (Å²) in [5.74, 6) is 0.518. The van der Waals surface area contributed by atoms with Gasteiger partial charge in [-0.3, -0.25) is 14.5 Å². The fourth-order valence-electron chi connectivity index (χ4n) is 4.15. The van der Waals surface area contributed by atoms with Crippen molar-refractivity contribution in [3.05, 3.63) is 16.1 Å². The summed E-state index contributed by atoms with van der Waals surface area (Å²) in [6.45, 7) is 5.50. The zero-order valence-electron chi connectivity index (χ0n) is 15.4. The minimum absolute atomic E-state index is 0.120. The molecule has 3 heterocycles. The van der Waals surface area contributed by atoms with Crippen molar-refractivity contribution < 1.29 is 9.59 Å². The Labute approximate surface area is 159 Å². The van der Waals surface area contributed by atoms with E-state index in [1.165, 1.54) is 11.3 Å². The highest BCUT2D eigenvalue weighted by molar-refractivity contribution is 7.13. The van der Waals surface area contributed by atoms with Gasteiger partial charge in [-0.15, -0.1) is 11.3 Å². The monoisotopic (exact) mass is 376 g/mol. The maximum Gasteiger partial charge on any atom is 0.265 e. The molecule has 2 saturated heterocycles. The van der Waals surface area contributed by atoms with Gasteiger partial charge in [-0.25, -0.2) is 4.98 Å². The third-order valence-electron chi connectivity index (χ3n) is 5.85. The largest absolute Gasteiger partial charge is 0.353 e. The van der Waals surface area contributed by atoms with Crippen LogP contribution in [0.1, 0.15) is 53.2 Å². The number of piperidine rings is 2. The van der Waals surface area contributed by atoms with Crippen molar-refractivity contribution in [3.63, 3.8) is 0 Å². The van der Waals surface area contributed by atoms with Crippen LogP contribution in [0.15, 0.2) is 6.20 Å². The van der Waals surface area contributed by atoms with Gasteiger partial charge in [0.2, 0.25) is 5.91 Å². The summed E-state index contributed by atoms with van der Waals surface area (Å²) in [6.07, 6.45) is 8.10. The minimum atomic E-state index is 0.120. The molecule has 1 aliphatic carbocycles. The molecule has 1 aromatic rings. The Morgan fingerprint density at radius 2 is 1.92 bits per heavy atom. The first-order chi connectivity index (χ1) is 12.6. The Morgan fingerprint density at radius 3 is 2.58 bits per heavy atom. The number of carbonyl (C=O) groups is 2. The third kappa shape index (κ3) is 4.09. The third-order valence-corrected chi connectivity index (χ3v) is 6.75. The van der Waals surface area contributed by atoms with Crippen LogP contribution in [-0.2, 0) is 4.79 Å². The first-order valence-corrected chi connectivity index (χ1v) is 10.7. The van der Waals surface area contributed by atoms with Gasteiger partial charge in [0.1, 0.15) is 4.88 Å². The van der Waals surface area contributed by atoms with Crippen LogP contribution >= 0.6 is 11.3 Å². The number of rotatable bonds is 4. The molecule has 6 nitrogen and oxygen atoms in total. The Balaban J connectivity index is 1.28. The van der Waals surface area contributed by atoms with E-state index in [-0.39, 0.29) is 17.7 Å². The first-order valence-electron chi connectivity index (χ1n) is 9.86. The van der Waals surface area contributed by atoms with E-state index >= 15 is 0 Å². The second kappa shape index (κ2) is 7.64. The molecule has 142 valence electrons. The number of thiazole rings is 1. The normalized spacial score (nSPS) is 25.3. The second-order valence-electron chi connectivity index (χ2n) is 7.88. The van der Waals surface area contributed by atoms with Gasteiger partial charge in [-0.1, -0.05) is 0 Å². The number of nitrogens with one attached hydrogen (secondary N) is 1. The fraction of sp³-hybridized carbons (Fsp3) is 0.737. The lowest BCUT2D eigenvalue weighted by atomic mass is 9.93. The van der Waals surface area contributed by atoms with Crippen LogP contribution in [-0.4, -0.2) is 64.9 Å². The first kappa shape index (κ1) is 17.9. The molecular formula is C19H28N4O2S. The van der Waals surface area contributed by atoms with Crippen molar-refractivity contribution >= 4 is 23.2 Å². The SMILES string of the molecule is Cc1ncc(C(=O)N2CCC(N3CCC[C@H](C(=O)NC4CC4)C3)CC2)s1. The van der Waals surface area contributed by atoms with Crippen molar-refractivity contribution in [2.24, 2.45) is 5.92 Å². The molecule has 0 unspecified atom stereocenters. The van der Waals surface area contributed by atoms with Gasteiger partial charge < -0.3 is 10.2 Å². The zero-order chi connectivity index (χ0) is 18.1. The highest BCUT2D eigenvalue weighted by atomic mass is 32.1. The van der Waals surface area contributed by atoms with Gasteiger partial charge in [0.15, 0.2) is 0 Å². The number of likely N-dealkylation sites (tertiary alicyclic amines) is 2. The Kier molecular flexibility index (Phi) is 5.27. The summed E-state index contributed by atoms with van der Waals surface area (Å²) in [5.41, 5.74) is 0.